The first-order valence-electron chi connectivity index (χ1n) is 12.3. The first-order valence-corrected chi connectivity index (χ1v) is 12.3. The first-order chi connectivity index (χ1) is 15.2. The fraction of sp³-hybridized carbons (Fsp3) is 0.448. The van der Waals surface area contributed by atoms with Gasteiger partial charge in [0.2, 0.25) is 0 Å². The van der Waals surface area contributed by atoms with Crippen LogP contribution in [0.2, 0.25) is 0 Å². The van der Waals surface area contributed by atoms with Crippen LogP contribution in [0.4, 0.5) is 5.69 Å². The van der Waals surface area contributed by atoms with E-state index >= 15 is 0 Å². The van der Waals surface area contributed by atoms with Crippen molar-refractivity contribution in [2.75, 3.05) is 13.1 Å². The maximum Gasteiger partial charge on any atom is 0.133 e. The normalized spacial score (nSPS) is 11.8. The van der Waals surface area contributed by atoms with E-state index in [4.69, 9.17) is 0 Å². The molecule has 0 spiro atoms. The van der Waals surface area contributed by atoms with Crippen LogP contribution < -0.4 is 4.48 Å². The van der Waals surface area contributed by atoms with Gasteiger partial charge in [0.15, 0.2) is 0 Å². The molecule has 0 atom stereocenters. The lowest BCUT2D eigenvalue weighted by atomic mass is 10.0. The van der Waals surface area contributed by atoms with Gasteiger partial charge < -0.3 is 5.11 Å². The highest BCUT2D eigenvalue weighted by atomic mass is 16.3. The van der Waals surface area contributed by atoms with Gasteiger partial charge in [0.05, 0.1) is 13.1 Å². The second-order valence-corrected chi connectivity index (χ2v) is 9.07. The molecule has 0 bridgehead atoms. The Balaban J connectivity index is 1.98. The molecule has 0 saturated heterocycles. The van der Waals surface area contributed by atoms with Gasteiger partial charge in [-0.25, -0.2) is 0 Å². The second-order valence-electron chi connectivity index (χ2n) is 9.07. The Labute approximate surface area is 189 Å². The Bertz CT molecular complexity index is 906. The Morgan fingerprint density at radius 1 is 0.645 bits per heavy atom. The number of unbranched alkanes of at least 4 members (excludes halogenated alkanes) is 6. The molecule has 1 N–H and O–H groups in total. The highest BCUT2D eigenvalue weighted by molar-refractivity contribution is 5.86. The van der Waals surface area contributed by atoms with E-state index in [9.17, 15) is 5.11 Å². The average molecular weight is 419 g/mol. The van der Waals surface area contributed by atoms with Gasteiger partial charge in [-0.15, -0.1) is 0 Å². The van der Waals surface area contributed by atoms with E-state index < -0.39 is 0 Å². The molecule has 0 aliphatic carbocycles. The molecular formula is C29H40NO+. The Hall–Kier alpha value is -2.32. The Morgan fingerprint density at radius 2 is 1.26 bits per heavy atom. The van der Waals surface area contributed by atoms with Crippen LogP contribution in [0.3, 0.4) is 0 Å². The van der Waals surface area contributed by atoms with E-state index in [0.717, 1.165) is 16.4 Å². The third-order valence-electron chi connectivity index (χ3n) is 6.56. The van der Waals surface area contributed by atoms with Crippen molar-refractivity contribution < 1.29 is 5.11 Å². The molecule has 3 aromatic carbocycles. The zero-order chi connectivity index (χ0) is 21.9. The van der Waals surface area contributed by atoms with E-state index in [1.807, 2.05) is 6.07 Å². The standard InChI is InChI=1S/C29H39NO/c1-3-5-7-12-20-30(21-13-8-6-4-2,24-25-14-10-9-11-15-25)28-18-16-27-23-29(31)19-17-26(27)22-28/h9-11,14-19,22-23H,3-8,12-13,20-21,24H2,1-2H3/p+1. The Kier molecular flexibility index (Phi) is 8.97. The molecule has 0 amide bonds. The minimum Gasteiger partial charge on any atom is -0.508 e. The summed E-state index contributed by atoms with van der Waals surface area (Å²) >= 11 is 0. The molecule has 2 nitrogen and oxygen atoms in total. The minimum absolute atomic E-state index is 0.337. The van der Waals surface area contributed by atoms with Crippen LogP contribution >= 0.6 is 0 Å². The number of quaternary nitrogens is 1. The number of rotatable bonds is 13. The summed E-state index contributed by atoms with van der Waals surface area (Å²) in [4.78, 5) is 0. The molecule has 3 aromatic rings. The molecule has 0 unspecified atom stereocenters. The van der Waals surface area contributed by atoms with Crippen LogP contribution in [0.1, 0.15) is 70.8 Å². The Morgan fingerprint density at radius 3 is 1.90 bits per heavy atom. The summed E-state index contributed by atoms with van der Waals surface area (Å²) < 4.78 is 1.02. The van der Waals surface area contributed by atoms with E-state index in [1.54, 1.807) is 6.07 Å². The molecule has 0 radical (unpaired) electrons. The van der Waals surface area contributed by atoms with Gasteiger partial charge in [0.1, 0.15) is 18.0 Å². The van der Waals surface area contributed by atoms with Gasteiger partial charge in [-0.05, 0) is 60.7 Å². The van der Waals surface area contributed by atoms with Crippen molar-refractivity contribution in [2.45, 2.75) is 71.8 Å². The first kappa shape index (κ1) is 23.3. The summed E-state index contributed by atoms with van der Waals surface area (Å²) in [5.41, 5.74) is 2.83. The van der Waals surface area contributed by atoms with Crippen molar-refractivity contribution in [3.8, 4) is 5.75 Å². The van der Waals surface area contributed by atoms with Crippen LogP contribution in [0.25, 0.3) is 10.8 Å². The third-order valence-corrected chi connectivity index (χ3v) is 6.56. The molecule has 3 rings (SSSR count). The zero-order valence-corrected chi connectivity index (χ0v) is 19.5. The summed E-state index contributed by atoms with van der Waals surface area (Å²) in [5.74, 6) is 0.337. The number of fused-ring (bicyclic) bond motifs is 1. The van der Waals surface area contributed by atoms with Crippen LogP contribution in [-0.2, 0) is 6.54 Å². The summed E-state index contributed by atoms with van der Waals surface area (Å²) in [7, 11) is 0. The van der Waals surface area contributed by atoms with Gasteiger partial charge in [-0.2, -0.15) is 0 Å². The largest absolute Gasteiger partial charge is 0.508 e. The number of nitrogens with zero attached hydrogens (tertiary/aromatic N) is 1. The van der Waals surface area contributed by atoms with Gasteiger partial charge in [0.25, 0.3) is 0 Å². The van der Waals surface area contributed by atoms with E-state index in [-0.39, 0.29) is 0 Å². The van der Waals surface area contributed by atoms with E-state index in [0.29, 0.717) is 5.75 Å². The molecule has 0 aromatic heterocycles. The van der Waals surface area contributed by atoms with Crippen molar-refractivity contribution in [3.63, 3.8) is 0 Å². The number of phenols is 1. The molecule has 0 aliphatic heterocycles. The van der Waals surface area contributed by atoms with Crippen molar-refractivity contribution in [3.05, 3.63) is 72.3 Å². The smallest absolute Gasteiger partial charge is 0.133 e. The lowest BCUT2D eigenvalue weighted by molar-refractivity contribution is 0.251. The highest BCUT2D eigenvalue weighted by Crippen LogP contribution is 2.33. The summed E-state index contributed by atoms with van der Waals surface area (Å²) in [6.07, 6.45) is 10.3. The molecule has 31 heavy (non-hydrogen) atoms. The van der Waals surface area contributed by atoms with Crippen molar-refractivity contribution >= 4 is 16.5 Å². The molecule has 0 saturated carbocycles. The van der Waals surface area contributed by atoms with Crippen molar-refractivity contribution in [1.29, 1.82) is 0 Å². The maximum absolute atomic E-state index is 9.88. The average Bonchev–Trinajstić information content (AvgIpc) is 2.79. The van der Waals surface area contributed by atoms with E-state index in [2.05, 4.69) is 68.4 Å². The summed E-state index contributed by atoms with van der Waals surface area (Å²) in [5, 5.41) is 12.2. The molecule has 0 aliphatic rings. The zero-order valence-electron chi connectivity index (χ0n) is 19.5. The molecule has 166 valence electrons. The van der Waals surface area contributed by atoms with Crippen LogP contribution in [0.5, 0.6) is 5.75 Å². The monoisotopic (exact) mass is 418 g/mol. The SMILES string of the molecule is CCCCCC[N+](CCCCCC)(Cc1ccccc1)c1ccc2cc(O)ccc2c1. The van der Waals surface area contributed by atoms with Crippen LogP contribution in [0, 0.1) is 0 Å². The summed E-state index contributed by atoms with van der Waals surface area (Å²) in [6.45, 7) is 7.99. The predicted octanol–water partition coefficient (Wildman–Crippen LogP) is 8.21. The number of hydrogen-bond donors (Lipinski definition) is 1. The maximum atomic E-state index is 9.88. The van der Waals surface area contributed by atoms with Crippen LogP contribution in [-0.4, -0.2) is 18.2 Å². The van der Waals surface area contributed by atoms with Crippen molar-refractivity contribution in [2.24, 2.45) is 0 Å². The third kappa shape index (κ3) is 6.58. The molecule has 0 heterocycles. The topological polar surface area (TPSA) is 20.2 Å². The second kappa shape index (κ2) is 11.9. The van der Waals surface area contributed by atoms with Gasteiger partial charge in [-0.3, -0.25) is 4.48 Å². The fourth-order valence-electron chi connectivity index (χ4n) is 4.75. The minimum atomic E-state index is 0.337. The number of aromatic hydroxyl groups is 1. The number of phenolic OH excluding ortho intramolecular Hbond substituents is 1. The highest BCUT2D eigenvalue weighted by Gasteiger charge is 2.30. The predicted molar refractivity (Wildman–Crippen MR) is 136 cm³/mol. The van der Waals surface area contributed by atoms with Gasteiger partial charge in [-0.1, -0.05) is 75.9 Å². The van der Waals surface area contributed by atoms with Gasteiger partial charge >= 0.3 is 0 Å². The van der Waals surface area contributed by atoms with Crippen molar-refractivity contribution in [1.82, 2.24) is 4.48 Å². The molecular weight excluding hydrogens is 378 g/mol. The van der Waals surface area contributed by atoms with E-state index in [1.165, 1.54) is 81.1 Å². The molecule has 0 fully saturated rings. The quantitative estimate of drug-likeness (QED) is 0.219. The number of benzene rings is 3. The lowest BCUT2D eigenvalue weighted by Gasteiger charge is -2.39. The number of hydrogen-bond acceptors (Lipinski definition) is 1. The molecule has 2 heteroatoms. The summed E-state index contributed by atoms with van der Waals surface area (Å²) in [6, 6.07) is 23.6. The lowest BCUT2D eigenvalue weighted by Crippen LogP contribution is -2.50. The van der Waals surface area contributed by atoms with Crippen LogP contribution in [0.15, 0.2) is 66.7 Å². The fourth-order valence-corrected chi connectivity index (χ4v) is 4.75. The van der Waals surface area contributed by atoms with Gasteiger partial charge in [0, 0.05) is 11.6 Å².